The Hall–Kier alpha value is -0.900. The van der Waals surface area contributed by atoms with Gasteiger partial charge < -0.3 is 5.32 Å². The Kier molecular flexibility index (Phi) is 5.37. The van der Waals surface area contributed by atoms with E-state index in [1.165, 1.54) is 15.4 Å². The lowest BCUT2D eigenvalue weighted by Crippen LogP contribution is -2.19. The van der Waals surface area contributed by atoms with Crippen molar-refractivity contribution in [3.8, 4) is 0 Å². The average Bonchev–Trinajstić information content (AvgIpc) is 2.89. The van der Waals surface area contributed by atoms with E-state index in [4.69, 9.17) is 11.6 Å². The minimum Gasteiger partial charge on any atom is -0.305 e. The highest BCUT2D eigenvalue weighted by atomic mass is 35.5. The number of thiazole rings is 1. The molecule has 2 nitrogen and oxygen atoms in total. The molecule has 1 heterocycles. The van der Waals surface area contributed by atoms with Gasteiger partial charge in [-0.25, -0.2) is 4.98 Å². The second-order valence-electron chi connectivity index (χ2n) is 4.47. The lowest BCUT2D eigenvalue weighted by molar-refractivity contribution is 0.521. The molecule has 0 saturated heterocycles. The van der Waals surface area contributed by atoms with Crippen molar-refractivity contribution < 1.29 is 0 Å². The van der Waals surface area contributed by atoms with Gasteiger partial charge in [-0.05, 0) is 30.5 Å². The summed E-state index contributed by atoms with van der Waals surface area (Å²) in [6, 6.07) is 8.44. The maximum Gasteiger partial charge on any atom is 0.0925 e. The molecule has 1 aromatic carbocycles. The molecule has 2 aromatic rings. The van der Waals surface area contributed by atoms with E-state index >= 15 is 0 Å². The molecular formula is C15H19ClN2S. The van der Waals surface area contributed by atoms with Crippen molar-refractivity contribution in [1.82, 2.24) is 10.3 Å². The molecule has 0 radical (unpaired) electrons. The molecule has 1 aromatic heterocycles. The van der Waals surface area contributed by atoms with Crippen molar-refractivity contribution in [2.75, 3.05) is 0 Å². The summed E-state index contributed by atoms with van der Waals surface area (Å²) in [5.41, 5.74) is 1.28. The fourth-order valence-electron chi connectivity index (χ4n) is 2.01. The van der Waals surface area contributed by atoms with Crippen LogP contribution in [0.5, 0.6) is 0 Å². The third kappa shape index (κ3) is 4.03. The summed E-state index contributed by atoms with van der Waals surface area (Å²) in [6.07, 6.45) is 4.05. The molecule has 0 aliphatic heterocycles. The third-order valence-electron chi connectivity index (χ3n) is 3.11. The Bertz CT molecular complexity index is 507. The van der Waals surface area contributed by atoms with Crippen LogP contribution in [0.15, 0.2) is 30.5 Å². The van der Waals surface area contributed by atoms with Gasteiger partial charge >= 0.3 is 0 Å². The first-order chi connectivity index (χ1) is 9.22. The average molecular weight is 295 g/mol. The number of rotatable bonds is 6. The Balaban J connectivity index is 1.97. The number of nitrogens with one attached hydrogen (secondary N) is 1. The first-order valence-corrected chi connectivity index (χ1v) is 7.84. The monoisotopic (exact) mass is 294 g/mol. The number of hydrogen-bond donors (Lipinski definition) is 1. The molecule has 0 spiro atoms. The molecule has 102 valence electrons. The van der Waals surface area contributed by atoms with E-state index in [0.717, 1.165) is 24.4 Å². The van der Waals surface area contributed by atoms with Gasteiger partial charge in [-0.3, -0.25) is 0 Å². The van der Waals surface area contributed by atoms with E-state index < -0.39 is 0 Å². The van der Waals surface area contributed by atoms with E-state index in [1.807, 2.05) is 18.3 Å². The summed E-state index contributed by atoms with van der Waals surface area (Å²) in [5, 5.41) is 5.58. The van der Waals surface area contributed by atoms with Crippen molar-refractivity contribution in [3.63, 3.8) is 0 Å². The van der Waals surface area contributed by atoms with E-state index in [0.29, 0.717) is 6.04 Å². The van der Waals surface area contributed by atoms with Gasteiger partial charge in [0.25, 0.3) is 0 Å². The maximum atomic E-state index is 5.92. The van der Waals surface area contributed by atoms with Crippen LogP contribution in [0.25, 0.3) is 0 Å². The van der Waals surface area contributed by atoms with Crippen LogP contribution in [0, 0.1) is 0 Å². The Morgan fingerprint density at radius 1 is 1.26 bits per heavy atom. The van der Waals surface area contributed by atoms with Crippen LogP contribution >= 0.6 is 22.9 Å². The molecule has 1 atom stereocenters. The molecule has 19 heavy (non-hydrogen) atoms. The minimum atomic E-state index is 0.365. The van der Waals surface area contributed by atoms with Gasteiger partial charge in [-0.15, -0.1) is 11.3 Å². The zero-order chi connectivity index (χ0) is 13.7. The molecule has 0 saturated carbocycles. The second-order valence-corrected chi connectivity index (χ2v) is 6.10. The molecule has 0 fully saturated rings. The summed E-state index contributed by atoms with van der Waals surface area (Å²) in [6.45, 7) is 5.20. The summed E-state index contributed by atoms with van der Waals surface area (Å²) >= 11 is 7.71. The maximum absolute atomic E-state index is 5.92. The van der Waals surface area contributed by atoms with Crippen molar-refractivity contribution in [3.05, 3.63) is 50.9 Å². The molecule has 1 unspecified atom stereocenters. The highest BCUT2D eigenvalue weighted by molar-refractivity contribution is 7.11. The minimum absolute atomic E-state index is 0.365. The number of hydrogen-bond acceptors (Lipinski definition) is 3. The van der Waals surface area contributed by atoms with Gasteiger partial charge in [0.05, 0.1) is 5.01 Å². The highest BCUT2D eigenvalue weighted by Crippen LogP contribution is 2.21. The molecule has 0 amide bonds. The van der Waals surface area contributed by atoms with Crippen LogP contribution < -0.4 is 5.32 Å². The lowest BCUT2D eigenvalue weighted by Gasteiger charge is -2.16. The fraction of sp³-hybridized carbons (Fsp3) is 0.400. The zero-order valence-corrected chi connectivity index (χ0v) is 12.9. The SMILES string of the molecule is CCc1ncc(CNC(CC)c2ccc(Cl)cc2)s1. The van der Waals surface area contributed by atoms with Crippen molar-refractivity contribution >= 4 is 22.9 Å². The van der Waals surface area contributed by atoms with E-state index in [1.54, 1.807) is 11.3 Å². The molecule has 0 aliphatic rings. The molecule has 1 N–H and O–H groups in total. The van der Waals surface area contributed by atoms with Gasteiger partial charge in [-0.2, -0.15) is 0 Å². The van der Waals surface area contributed by atoms with Crippen LogP contribution in [0.4, 0.5) is 0 Å². The van der Waals surface area contributed by atoms with Gasteiger partial charge in [0.2, 0.25) is 0 Å². The number of benzene rings is 1. The third-order valence-corrected chi connectivity index (χ3v) is 4.50. The van der Waals surface area contributed by atoms with Gasteiger partial charge in [0.15, 0.2) is 0 Å². The van der Waals surface area contributed by atoms with Crippen LogP contribution in [0.3, 0.4) is 0 Å². The van der Waals surface area contributed by atoms with E-state index in [-0.39, 0.29) is 0 Å². The predicted octanol–water partition coefficient (Wildman–Crippen LogP) is 4.60. The normalized spacial score (nSPS) is 12.6. The number of nitrogens with zero attached hydrogens (tertiary/aromatic N) is 1. The largest absolute Gasteiger partial charge is 0.305 e. The van der Waals surface area contributed by atoms with Crippen molar-refractivity contribution in [2.24, 2.45) is 0 Å². The second kappa shape index (κ2) is 7.04. The summed E-state index contributed by atoms with van der Waals surface area (Å²) in [4.78, 5) is 5.68. The number of halogens is 1. The lowest BCUT2D eigenvalue weighted by atomic mass is 10.0. The smallest absolute Gasteiger partial charge is 0.0925 e. The quantitative estimate of drug-likeness (QED) is 0.842. The van der Waals surface area contributed by atoms with Crippen molar-refractivity contribution in [2.45, 2.75) is 39.3 Å². The fourth-order valence-corrected chi connectivity index (χ4v) is 2.95. The molecule has 0 aliphatic carbocycles. The summed E-state index contributed by atoms with van der Waals surface area (Å²) < 4.78 is 0. The summed E-state index contributed by atoms with van der Waals surface area (Å²) in [7, 11) is 0. The van der Waals surface area contributed by atoms with Crippen molar-refractivity contribution in [1.29, 1.82) is 0 Å². The van der Waals surface area contributed by atoms with Crippen LogP contribution in [-0.4, -0.2) is 4.98 Å². The zero-order valence-electron chi connectivity index (χ0n) is 11.3. The standard InChI is InChI=1S/C15H19ClN2S/c1-3-14(11-5-7-12(16)8-6-11)17-9-13-10-18-15(4-2)19-13/h5-8,10,14,17H,3-4,9H2,1-2H3. The number of aryl methyl sites for hydroxylation is 1. The summed E-state index contributed by atoms with van der Waals surface area (Å²) in [5.74, 6) is 0. The Morgan fingerprint density at radius 2 is 2.00 bits per heavy atom. The van der Waals surface area contributed by atoms with Gasteiger partial charge in [-0.1, -0.05) is 37.6 Å². The van der Waals surface area contributed by atoms with Gasteiger partial charge in [0.1, 0.15) is 0 Å². The molecule has 4 heteroatoms. The molecule has 0 bridgehead atoms. The van der Waals surface area contributed by atoms with Crippen LogP contribution in [0.1, 0.15) is 41.8 Å². The number of aromatic nitrogens is 1. The molecular weight excluding hydrogens is 276 g/mol. The highest BCUT2D eigenvalue weighted by Gasteiger charge is 2.09. The van der Waals surface area contributed by atoms with Gasteiger partial charge in [0, 0.05) is 28.7 Å². The van der Waals surface area contributed by atoms with Crippen LogP contribution in [0.2, 0.25) is 5.02 Å². The first kappa shape index (κ1) is 14.5. The Morgan fingerprint density at radius 3 is 2.58 bits per heavy atom. The topological polar surface area (TPSA) is 24.9 Å². The van der Waals surface area contributed by atoms with E-state index in [2.05, 4.69) is 36.3 Å². The predicted molar refractivity (Wildman–Crippen MR) is 82.8 cm³/mol. The van der Waals surface area contributed by atoms with E-state index in [9.17, 15) is 0 Å². The Labute approximate surface area is 123 Å². The van der Waals surface area contributed by atoms with Crippen LogP contribution in [-0.2, 0) is 13.0 Å². The molecule has 2 rings (SSSR count). The first-order valence-electron chi connectivity index (χ1n) is 6.65.